The van der Waals surface area contributed by atoms with Crippen molar-refractivity contribution in [2.24, 2.45) is 0 Å². The molecule has 0 spiro atoms. The molecule has 0 atom stereocenters. The van der Waals surface area contributed by atoms with Gasteiger partial charge in [-0.25, -0.2) is 0 Å². The molecular weight excluding hydrogens is 398 g/mol. The molecule has 0 N–H and O–H groups in total. The number of para-hydroxylation sites is 1. The number of nitrogens with zero attached hydrogens (tertiary/aromatic N) is 2. The molecule has 0 aliphatic carbocycles. The Labute approximate surface area is 163 Å². The largest absolute Gasteiger partial charge is 0.416 e. The van der Waals surface area contributed by atoms with Crippen LogP contribution in [0.1, 0.15) is 22.3 Å². The number of hydrogen-bond acceptors (Lipinski definition) is 2. The lowest BCUT2D eigenvalue weighted by Gasteiger charge is -2.24. The number of carbonyl (C=O) groups is 1. The molecule has 0 radical (unpaired) electrons. The smallest absolute Gasteiger partial charge is 0.362 e. The van der Waals surface area contributed by atoms with Crippen LogP contribution in [0.2, 0.25) is 0 Å². The number of likely N-dealkylation sites (N-methyl/N-ethyl adjacent to an activating group) is 1. The quantitative estimate of drug-likeness (QED) is 0.672. The van der Waals surface area contributed by atoms with Gasteiger partial charge < -0.3 is 9.80 Å². The van der Waals surface area contributed by atoms with Crippen LogP contribution in [0.5, 0.6) is 0 Å². The molecule has 0 bridgehead atoms. The van der Waals surface area contributed by atoms with Gasteiger partial charge in [0.05, 0.1) is 17.7 Å². The van der Waals surface area contributed by atoms with Gasteiger partial charge in [0, 0.05) is 25.8 Å². The van der Waals surface area contributed by atoms with Crippen LogP contribution < -0.4 is 4.90 Å². The molecule has 0 saturated heterocycles. The zero-order chi connectivity index (χ0) is 21.4. The van der Waals surface area contributed by atoms with Crippen molar-refractivity contribution >= 4 is 11.6 Å². The molecule has 0 unspecified atom stereocenters. The molecule has 0 fully saturated rings. The molecule has 0 saturated carbocycles. The average Bonchev–Trinajstić information content (AvgIpc) is 3.03. The van der Waals surface area contributed by atoms with Gasteiger partial charge in [0.2, 0.25) is 5.91 Å². The molecule has 1 heterocycles. The topological polar surface area (TPSA) is 23.6 Å². The lowest BCUT2D eigenvalue weighted by atomic mass is 10.0. The zero-order valence-corrected chi connectivity index (χ0v) is 15.4. The summed E-state index contributed by atoms with van der Waals surface area (Å²) in [6.45, 7) is 0.265. The van der Waals surface area contributed by atoms with Gasteiger partial charge in [-0.05, 0) is 41.8 Å². The van der Waals surface area contributed by atoms with E-state index < -0.39 is 29.4 Å². The highest BCUT2D eigenvalue weighted by Crippen LogP contribution is 2.36. The summed E-state index contributed by atoms with van der Waals surface area (Å²) in [4.78, 5) is 15.5. The van der Waals surface area contributed by atoms with E-state index in [1.807, 2.05) is 29.2 Å². The maximum Gasteiger partial charge on any atom is 0.416 e. The minimum atomic E-state index is -4.92. The van der Waals surface area contributed by atoms with Crippen LogP contribution in [0.4, 0.5) is 32.0 Å². The van der Waals surface area contributed by atoms with E-state index in [9.17, 15) is 31.1 Å². The molecule has 9 heteroatoms. The third kappa shape index (κ3) is 4.83. The maximum absolute atomic E-state index is 13.0. The fourth-order valence-electron chi connectivity index (χ4n) is 3.33. The minimum absolute atomic E-state index is 0.00139. The van der Waals surface area contributed by atoms with Gasteiger partial charge in [0.1, 0.15) is 0 Å². The van der Waals surface area contributed by atoms with E-state index in [1.54, 1.807) is 0 Å². The summed E-state index contributed by atoms with van der Waals surface area (Å²) in [5.74, 6) is -0.396. The monoisotopic (exact) mass is 416 g/mol. The Morgan fingerprint density at radius 1 is 1.00 bits per heavy atom. The van der Waals surface area contributed by atoms with Crippen LogP contribution in [0, 0.1) is 0 Å². The number of anilines is 1. The summed E-state index contributed by atoms with van der Waals surface area (Å²) in [6, 6.07) is 8.92. The van der Waals surface area contributed by atoms with Crippen molar-refractivity contribution < 1.29 is 31.1 Å². The maximum atomic E-state index is 13.0. The molecule has 0 aromatic heterocycles. The second-order valence-electron chi connectivity index (χ2n) is 6.96. The normalized spacial score (nSPS) is 14.1. The molecule has 2 aromatic rings. The third-order valence-corrected chi connectivity index (χ3v) is 4.80. The number of rotatable bonds is 4. The van der Waals surface area contributed by atoms with Crippen LogP contribution in [0.3, 0.4) is 0 Å². The zero-order valence-electron chi connectivity index (χ0n) is 15.4. The van der Waals surface area contributed by atoms with Gasteiger partial charge in [-0.3, -0.25) is 4.79 Å². The number of carbonyl (C=O) groups excluding carboxylic acids is 1. The van der Waals surface area contributed by atoms with E-state index in [0.29, 0.717) is 18.7 Å². The molecule has 1 amide bonds. The van der Waals surface area contributed by atoms with Crippen LogP contribution in [0.15, 0.2) is 42.5 Å². The van der Waals surface area contributed by atoms with Gasteiger partial charge in [-0.1, -0.05) is 18.2 Å². The van der Waals surface area contributed by atoms with Crippen molar-refractivity contribution in [3.63, 3.8) is 0 Å². The van der Waals surface area contributed by atoms with Crippen LogP contribution in [-0.2, 0) is 30.1 Å². The summed E-state index contributed by atoms with van der Waals surface area (Å²) in [7, 11) is 1.36. The van der Waals surface area contributed by atoms with E-state index in [-0.39, 0.29) is 24.7 Å². The molecule has 3 nitrogen and oxygen atoms in total. The summed E-state index contributed by atoms with van der Waals surface area (Å²) in [6.07, 6.45) is -9.06. The molecule has 2 aromatic carbocycles. The van der Waals surface area contributed by atoms with Gasteiger partial charge in [0.25, 0.3) is 0 Å². The molecule has 1 aliphatic heterocycles. The summed E-state index contributed by atoms with van der Waals surface area (Å²) in [5, 5.41) is 0. The Bertz CT molecular complexity index is 874. The van der Waals surface area contributed by atoms with Crippen molar-refractivity contribution in [1.29, 1.82) is 0 Å². The van der Waals surface area contributed by atoms with E-state index in [2.05, 4.69) is 0 Å². The number of amides is 1. The van der Waals surface area contributed by atoms with Gasteiger partial charge >= 0.3 is 12.4 Å². The number of benzene rings is 2. The second kappa shape index (κ2) is 7.61. The number of halogens is 6. The van der Waals surface area contributed by atoms with Crippen molar-refractivity contribution in [1.82, 2.24) is 4.90 Å². The summed E-state index contributed by atoms with van der Waals surface area (Å²) >= 11 is 0. The lowest BCUT2D eigenvalue weighted by Crippen LogP contribution is -2.37. The fourth-order valence-corrected chi connectivity index (χ4v) is 3.33. The van der Waals surface area contributed by atoms with Crippen molar-refractivity contribution in [2.75, 3.05) is 25.0 Å². The van der Waals surface area contributed by atoms with E-state index in [0.717, 1.165) is 22.6 Å². The average molecular weight is 416 g/mol. The highest BCUT2D eigenvalue weighted by atomic mass is 19.4. The number of alkyl halides is 6. The summed E-state index contributed by atoms with van der Waals surface area (Å²) in [5.41, 5.74) is -1.01. The van der Waals surface area contributed by atoms with Crippen LogP contribution in [0.25, 0.3) is 0 Å². The van der Waals surface area contributed by atoms with Crippen molar-refractivity contribution in [2.45, 2.75) is 25.3 Å². The van der Waals surface area contributed by atoms with Crippen molar-refractivity contribution in [3.8, 4) is 0 Å². The highest BCUT2D eigenvalue weighted by Gasteiger charge is 2.37. The molecule has 156 valence electrons. The first kappa shape index (κ1) is 21.0. The lowest BCUT2D eigenvalue weighted by molar-refractivity contribution is -0.143. The summed E-state index contributed by atoms with van der Waals surface area (Å²) < 4.78 is 77.9. The number of hydrogen-bond donors (Lipinski definition) is 0. The fraction of sp³-hybridized carbons (Fsp3) is 0.350. The molecule has 3 rings (SSSR count). The SMILES string of the molecule is CN(Cc1cc(C(F)(F)F)cc(C(F)(F)F)c1)C(=O)CN1CCc2ccccc21. The first-order chi connectivity index (χ1) is 13.4. The van der Waals surface area contributed by atoms with E-state index >= 15 is 0 Å². The first-order valence-electron chi connectivity index (χ1n) is 8.80. The molecular formula is C20H18F6N2O. The Hall–Kier alpha value is -2.71. The minimum Gasteiger partial charge on any atom is -0.362 e. The highest BCUT2D eigenvalue weighted by molar-refractivity contribution is 5.82. The van der Waals surface area contributed by atoms with Crippen LogP contribution in [-0.4, -0.2) is 30.9 Å². The Morgan fingerprint density at radius 2 is 1.59 bits per heavy atom. The standard InChI is InChI=1S/C20H18F6N2O/c1-27(18(29)12-28-7-6-14-4-2-3-5-17(14)28)11-13-8-15(19(21,22)23)10-16(9-13)20(24,25)26/h2-5,8-10H,6-7,11-12H2,1H3. The predicted molar refractivity (Wildman–Crippen MR) is 95.3 cm³/mol. The van der Waals surface area contributed by atoms with Crippen LogP contribution >= 0.6 is 0 Å². The number of fused-ring (bicyclic) bond motifs is 1. The van der Waals surface area contributed by atoms with Gasteiger partial charge in [-0.15, -0.1) is 0 Å². The predicted octanol–water partition coefficient (Wildman–Crippen LogP) is 4.75. The molecule has 1 aliphatic rings. The van der Waals surface area contributed by atoms with Gasteiger partial charge in [-0.2, -0.15) is 26.3 Å². The third-order valence-electron chi connectivity index (χ3n) is 4.80. The second-order valence-corrected chi connectivity index (χ2v) is 6.96. The Morgan fingerprint density at radius 3 is 2.17 bits per heavy atom. The van der Waals surface area contributed by atoms with Gasteiger partial charge in [0.15, 0.2) is 0 Å². The van der Waals surface area contributed by atoms with E-state index in [4.69, 9.17) is 0 Å². The molecule has 29 heavy (non-hydrogen) atoms. The first-order valence-corrected chi connectivity index (χ1v) is 8.80. The Kier molecular flexibility index (Phi) is 5.51. The van der Waals surface area contributed by atoms with E-state index in [1.165, 1.54) is 7.05 Å². The van der Waals surface area contributed by atoms with Crippen molar-refractivity contribution in [3.05, 3.63) is 64.7 Å². The Balaban J connectivity index is 1.76.